The molecule has 1 aromatic carbocycles. The maximum absolute atomic E-state index is 13.9. The zero-order chi connectivity index (χ0) is 14.0. The minimum atomic E-state index is -0.572. The van der Waals surface area contributed by atoms with E-state index in [1.54, 1.807) is 4.90 Å². The van der Waals surface area contributed by atoms with Gasteiger partial charge in [-0.25, -0.2) is 8.78 Å². The molecule has 0 bridgehead atoms. The number of halogens is 2. The molecule has 1 amide bonds. The van der Waals surface area contributed by atoms with Crippen molar-refractivity contribution in [3.8, 4) is 0 Å². The highest BCUT2D eigenvalue weighted by atomic mass is 19.1. The fourth-order valence-corrected chi connectivity index (χ4v) is 2.62. The summed E-state index contributed by atoms with van der Waals surface area (Å²) in [4.78, 5) is 13.5. The lowest BCUT2D eigenvalue weighted by molar-refractivity contribution is -0.137. The number of hydrogen-bond acceptors (Lipinski definition) is 2. The summed E-state index contributed by atoms with van der Waals surface area (Å²) in [6.45, 7) is 2.44. The molecular weight excluding hydrogens is 250 g/mol. The van der Waals surface area contributed by atoms with Gasteiger partial charge in [0.15, 0.2) is 0 Å². The molecule has 1 aliphatic rings. The van der Waals surface area contributed by atoms with Crippen molar-refractivity contribution in [1.82, 2.24) is 4.90 Å². The molecular formula is C14H18F2N2O. The molecule has 2 atom stereocenters. The smallest absolute Gasteiger partial charge is 0.223 e. The van der Waals surface area contributed by atoms with Crippen molar-refractivity contribution in [3.05, 3.63) is 35.4 Å². The van der Waals surface area contributed by atoms with Crippen molar-refractivity contribution >= 4 is 5.91 Å². The van der Waals surface area contributed by atoms with Crippen LogP contribution in [0.15, 0.2) is 18.2 Å². The highest BCUT2D eigenvalue weighted by Crippen LogP contribution is 2.32. The first-order valence-corrected chi connectivity index (χ1v) is 6.54. The topological polar surface area (TPSA) is 46.3 Å². The predicted octanol–water partition coefficient (Wildman–Crippen LogP) is 2.37. The van der Waals surface area contributed by atoms with Gasteiger partial charge in [-0.2, -0.15) is 0 Å². The van der Waals surface area contributed by atoms with E-state index >= 15 is 0 Å². The van der Waals surface area contributed by atoms with Crippen molar-refractivity contribution in [3.63, 3.8) is 0 Å². The second-order valence-electron chi connectivity index (χ2n) is 4.90. The zero-order valence-corrected chi connectivity index (χ0v) is 10.9. The van der Waals surface area contributed by atoms with Gasteiger partial charge >= 0.3 is 0 Å². The van der Waals surface area contributed by atoms with Gasteiger partial charge in [0.2, 0.25) is 5.91 Å². The summed E-state index contributed by atoms with van der Waals surface area (Å²) in [6.07, 6.45) is 1.63. The van der Waals surface area contributed by atoms with Crippen molar-refractivity contribution in [2.75, 3.05) is 6.54 Å². The third-order valence-electron chi connectivity index (χ3n) is 3.49. The number of carbonyl (C=O) groups excluding carboxylic acids is 1. The molecule has 0 aromatic heterocycles. The van der Waals surface area contributed by atoms with E-state index in [1.165, 1.54) is 0 Å². The molecule has 0 aliphatic carbocycles. The Kier molecular flexibility index (Phi) is 4.14. The summed E-state index contributed by atoms with van der Waals surface area (Å²) < 4.78 is 27.2. The molecule has 0 radical (unpaired) electrons. The Morgan fingerprint density at radius 1 is 1.42 bits per heavy atom. The molecule has 1 heterocycles. The molecule has 0 saturated carbocycles. The minimum absolute atomic E-state index is 0.0442. The Hall–Kier alpha value is -1.49. The molecule has 5 heteroatoms. The van der Waals surface area contributed by atoms with Crippen LogP contribution in [0.3, 0.4) is 0 Å². The van der Waals surface area contributed by atoms with E-state index in [2.05, 4.69) is 0 Å². The van der Waals surface area contributed by atoms with Crippen LogP contribution in [-0.4, -0.2) is 23.4 Å². The van der Waals surface area contributed by atoms with Crippen LogP contribution in [0.4, 0.5) is 8.78 Å². The number of nitrogens with zero attached hydrogens (tertiary/aromatic N) is 1. The maximum Gasteiger partial charge on any atom is 0.223 e. The summed E-state index contributed by atoms with van der Waals surface area (Å²) in [5.41, 5.74) is 6.20. The van der Waals surface area contributed by atoms with Crippen molar-refractivity contribution in [2.45, 2.75) is 38.3 Å². The fourth-order valence-electron chi connectivity index (χ4n) is 2.62. The zero-order valence-electron chi connectivity index (χ0n) is 10.9. The highest BCUT2D eigenvalue weighted by molar-refractivity contribution is 5.78. The number of rotatable bonds is 3. The van der Waals surface area contributed by atoms with Gasteiger partial charge in [-0.15, -0.1) is 0 Å². The molecule has 1 saturated heterocycles. The van der Waals surface area contributed by atoms with Crippen molar-refractivity contribution in [1.29, 1.82) is 0 Å². The van der Waals surface area contributed by atoms with E-state index in [0.29, 0.717) is 19.4 Å². The maximum atomic E-state index is 13.9. The molecule has 3 nitrogen and oxygen atoms in total. The fraction of sp³-hybridized carbons (Fsp3) is 0.500. The molecule has 2 N–H and O–H groups in total. The van der Waals surface area contributed by atoms with E-state index in [9.17, 15) is 13.6 Å². The molecule has 2 rings (SSSR count). The minimum Gasteiger partial charge on any atom is -0.334 e. The monoisotopic (exact) mass is 268 g/mol. The van der Waals surface area contributed by atoms with E-state index in [-0.39, 0.29) is 17.5 Å². The second-order valence-corrected chi connectivity index (χ2v) is 4.90. The summed E-state index contributed by atoms with van der Waals surface area (Å²) >= 11 is 0. The standard InChI is InChI=1S/C14H18F2N2O/c1-2-7-18-13(19)6-5-12(17)14(18)10-8-9(15)3-4-11(10)16/h3-4,8,12,14H,2,5-7,17H2,1H3. The normalized spacial score (nSPS) is 23.8. The predicted molar refractivity (Wildman–Crippen MR) is 68.3 cm³/mol. The van der Waals surface area contributed by atoms with Crippen LogP contribution >= 0.6 is 0 Å². The molecule has 104 valence electrons. The third-order valence-corrected chi connectivity index (χ3v) is 3.49. The quantitative estimate of drug-likeness (QED) is 0.914. The molecule has 1 aromatic rings. The van der Waals surface area contributed by atoms with Gasteiger partial charge in [0.1, 0.15) is 11.6 Å². The summed E-state index contributed by atoms with van der Waals surface area (Å²) in [5, 5.41) is 0. The van der Waals surface area contributed by atoms with Gasteiger partial charge in [0.25, 0.3) is 0 Å². The Morgan fingerprint density at radius 2 is 2.16 bits per heavy atom. The van der Waals surface area contributed by atoms with E-state index < -0.39 is 17.7 Å². The SMILES string of the molecule is CCCN1C(=O)CCC(N)C1c1cc(F)ccc1F. The molecule has 2 unspecified atom stereocenters. The number of carbonyl (C=O) groups is 1. The van der Waals surface area contributed by atoms with Crippen molar-refractivity contribution < 1.29 is 13.6 Å². The summed E-state index contributed by atoms with van der Waals surface area (Å²) in [7, 11) is 0. The number of amides is 1. The molecule has 0 spiro atoms. The lowest BCUT2D eigenvalue weighted by Crippen LogP contribution is -2.49. The lowest BCUT2D eigenvalue weighted by atomic mass is 9.90. The van der Waals surface area contributed by atoms with Gasteiger partial charge < -0.3 is 10.6 Å². The first-order chi connectivity index (χ1) is 9.04. The van der Waals surface area contributed by atoms with Gasteiger partial charge in [-0.05, 0) is 31.0 Å². The van der Waals surface area contributed by atoms with Gasteiger partial charge in [-0.3, -0.25) is 4.79 Å². The van der Waals surface area contributed by atoms with E-state index in [0.717, 1.165) is 24.6 Å². The van der Waals surface area contributed by atoms with Crippen LogP contribution < -0.4 is 5.73 Å². The van der Waals surface area contributed by atoms with Gasteiger partial charge in [0, 0.05) is 24.6 Å². The Labute approximate surface area is 111 Å². The van der Waals surface area contributed by atoms with Crippen LogP contribution in [0.2, 0.25) is 0 Å². The first kappa shape index (κ1) is 13.9. The van der Waals surface area contributed by atoms with Crippen LogP contribution in [0.5, 0.6) is 0 Å². The molecule has 19 heavy (non-hydrogen) atoms. The number of nitrogens with two attached hydrogens (primary N) is 1. The summed E-state index contributed by atoms with van der Waals surface area (Å²) in [6, 6.07) is 2.36. The average molecular weight is 268 g/mol. The number of benzene rings is 1. The molecule has 1 fully saturated rings. The van der Waals surface area contributed by atoms with Crippen molar-refractivity contribution in [2.24, 2.45) is 5.73 Å². The van der Waals surface area contributed by atoms with Crippen LogP contribution in [-0.2, 0) is 4.79 Å². The first-order valence-electron chi connectivity index (χ1n) is 6.54. The Bertz CT molecular complexity index is 479. The third kappa shape index (κ3) is 2.76. The molecule has 1 aliphatic heterocycles. The largest absolute Gasteiger partial charge is 0.334 e. The van der Waals surface area contributed by atoms with Crippen LogP contribution in [0.25, 0.3) is 0 Å². The van der Waals surface area contributed by atoms with Crippen LogP contribution in [0.1, 0.15) is 37.8 Å². The lowest BCUT2D eigenvalue weighted by Gasteiger charge is -2.40. The highest BCUT2D eigenvalue weighted by Gasteiger charge is 2.35. The van der Waals surface area contributed by atoms with E-state index in [1.807, 2.05) is 6.92 Å². The average Bonchev–Trinajstić information content (AvgIpc) is 2.38. The van der Waals surface area contributed by atoms with E-state index in [4.69, 9.17) is 5.73 Å². The number of likely N-dealkylation sites (tertiary alicyclic amines) is 1. The number of piperidine rings is 1. The number of hydrogen-bond donors (Lipinski definition) is 1. The van der Waals surface area contributed by atoms with Gasteiger partial charge in [-0.1, -0.05) is 6.92 Å². The van der Waals surface area contributed by atoms with Crippen LogP contribution in [0, 0.1) is 11.6 Å². The second kappa shape index (κ2) is 5.65. The van der Waals surface area contributed by atoms with Gasteiger partial charge in [0.05, 0.1) is 6.04 Å². The Balaban J connectivity index is 2.41. The Morgan fingerprint density at radius 3 is 2.84 bits per heavy atom. The summed E-state index contributed by atoms with van der Waals surface area (Å²) in [5.74, 6) is -1.08.